The van der Waals surface area contributed by atoms with Crippen molar-refractivity contribution in [1.82, 2.24) is 16.0 Å². The monoisotopic (exact) mass is 245 g/mol. The van der Waals surface area contributed by atoms with Crippen LogP contribution in [0.2, 0.25) is 0 Å². The van der Waals surface area contributed by atoms with Crippen molar-refractivity contribution in [3.05, 3.63) is 0 Å². The molecular weight excluding hydrogens is 226 g/mol. The van der Waals surface area contributed by atoms with Gasteiger partial charge in [0.15, 0.2) is 0 Å². The van der Waals surface area contributed by atoms with Crippen LogP contribution in [0, 0.1) is 5.92 Å². The summed E-state index contributed by atoms with van der Waals surface area (Å²) in [5, 5.41) is 16.0. The number of carbonyl (C=O) groups excluding carboxylic acids is 2. The number of aliphatic carboxylic acids is 1. The molecule has 3 atom stereocenters. The topological polar surface area (TPSA) is 108 Å². The Kier molecular flexibility index (Phi) is 6.01. The summed E-state index contributed by atoms with van der Waals surface area (Å²) < 4.78 is 0. The van der Waals surface area contributed by atoms with Gasteiger partial charge in [-0.15, -0.1) is 0 Å². The Labute approximate surface area is 100.0 Å². The van der Waals surface area contributed by atoms with Gasteiger partial charge in [0.05, 0.1) is 5.92 Å². The molecule has 4 N–H and O–H groups in total. The standard InChI is InChI=1S/C10H19N3O4/c1-5(9(15)16)6(2)12-10(17)13-7(3)8(14)11-4/h5-7H,1-4H3,(H,11,14)(H,15,16)(H2,12,13,17). The highest BCUT2D eigenvalue weighted by Crippen LogP contribution is 2.01. The van der Waals surface area contributed by atoms with E-state index in [4.69, 9.17) is 5.11 Å². The number of likely N-dealkylation sites (N-methyl/N-ethyl adjacent to an activating group) is 1. The molecule has 17 heavy (non-hydrogen) atoms. The Bertz CT molecular complexity index is 306. The number of carbonyl (C=O) groups is 3. The maximum atomic E-state index is 11.4. The van der Waals surface area contributed by atoms with Gasteiger partial charge in [0.2, 0.25) is 5.91 Å². The van der Waals surface area contributed by atoms with Crippen LogP contribution in [0.5, 0.6) is 0 Å². The number of carboxylic acid groups (broad SMARTS) is 1. The fourth-order valence-electron chi connectivity index (χ4n) is 1.07. The molecule has 0 radical (unpaired) electrons. The molecule has 0 spiro atoms. The molecule has 7 nitrogen and oxygen atoms in total. The van der Waals surface area contributed by atoms with E-state index < -0.39 is 30.0 Å². The van der Waals surface area contributed by atoms with E-state index in [-0.39, 0.29) is 5.91 Å². The van der Waals surface area contributed by atoms with Crippen molar-refractivity contribution in [1.29, 1.82) is 0 Å². The zero-order chi connectivity index (χ0) is 13.6. The van der Waals surface area contributed by atoms with E-state index in [0.29, 0.717) is 0 Å². The molecule has 0 saturated heterocycles. The second kappa shape index (κ2) is 6.72. The minimum absolute atomic E-state index is 0.320. The van der Waals surface area contributed by atoms with Crippen LogP contribution < -0.4 is 16.0 Å². The van der Waals surface area contributed by atoms with Gasteiger partial charge in [0.1, 0.15) is 6.04 Å². The van der Waals surface area contributed by atoms with Crippen molar-refractivity contribution in [2.45, 2.75) is 32.9 Å². The van der Waals surface area contributed by atoms with E-state index in [2.05, 4.69) is 16.0 Å². The minimum Gasteiger partial charge on any atom is -0.481 e. The van der Waals surface area contributed by atoms with Gasteiger partial charge in [-0.1, -0.05) is 0 Å². The molecule has 0 bridgehead atoms. The molecule has 0 fully saturated rings. The van der Waals surface area contributed by atoms with Gasteiger partial charge in [-0.25, -0.2) is 4.79 Å². The van der Waals surface area contributed by atoms with E-state index in [0.717, 1.165) is 0 Å². The molecular formula is C10H19N3O4. The second-order valence-corrected chi connectivity index (χ2v) is 3.87. The van der Waals surface area contributed by atoms with Crippen LogP contribution >= 0.6 is 0 Å². The van der Waals surface area contributed by atoms with Gasteiger partial charge >= 0.3 is 12.0 Å². The van der Waals surface area contributed by atoms with Crippen molar-refractivity contribution in [3.63, 3.8) is 0 Å². The summed E-state index contributed by atoms with van der Waals surface area (Å²) in [5.74, 6) is -2.01. The summed E-state index contributed by atoms with van der Waals surface area (Å²) in [7, 11) is 1.47. The summed E-state index contributed by atoms with van der Waals surface area (Å²) in [6.07, 6.45) is 0. The zero-order valence-electron chi connectivity index (χ0n) is 10.4. The lowest BCUT2D eigenvalue weighted by Gasteiger charge is -2.19. The van der Waals surface area contributed by atoms with Crippen molar-refractivity contribution in [3.8, 4) is 0 Å². The van der Waals surface area contributed by atoms with E-state index >= 15 is 0 Å². The third-order valence-corrected chi connectivity index (χ3v) is 2.49. The van der Waals surface area contributed by atoms with Gasteiger partial charge in [-0.2, -0.15) is 0 Å². The van der Waals surface area contributed by atoms with Gasteiger partial charge < -0.3 is 21.1 Å². The van der Waals surface area contributed by atoms with Gasteiger partial charge in [0.25, 0.3) is 0 Å². The van der Waals surface area contributed by atoms with Crippen molar-refractivity contribution in [2.75, 3.05) is 7.05 Å². The molecule has 0 saturated carbocycles. The maximum absolute atomic E-state index is 11.4. The molecule has 0 rings (SSSR count). The molecule has 98 valence electrons. The number of nitrogens with one attached hydrogen (secondary N) is 3. The molecule has 0 aliphatic rings. The molecule has 3 amide bonds. The lowest BCUT2D eigenvalue weighted by atomic mass is 10.0. The third-order valence-electron chi connectivity index (χ3n) is 2.49. The van der Waals surface area contributed by atoms with Crippen LogP contribution in [0.15, 0.2) is 0 Å². The molecule has 3 unspecified atom stereocenters. The van der Waals surface area contributed by atoms with E-state index in [1.165, 1.54) is 20.9 Å². The van der Waals surface area contributed by atoms with Crippen molar-refractivity contribution in [2.24, 2.45) is 5.92 Å². The van der Waals surface area contributed by atoms with Crippen LogP contribution in [-0.4, -0.2) is 42.1 Å². The first-order valence-electron chi connectivity index (χ1n) is 5.31. The largest absolute Gasteiger partial charge is 0.481 e. The Morgan fingerprint density at radius 3 is 2.00 bits per heavy atom. The summed E-state index contributed by atoms with van der Waals surface area (Å²) in [6, 6.07) is -1.77. The summed E-state index contributed by atoms with van der Waals surface area (Å²) in [5.41, 5.74) is 0. The fraction of sp³-hybridized carbons (Fsp3) is 0.700. The SMILES string of the molecule is CNC(=O)C(C)NC(=O)NC(C)C(C)C(=O)O. The number of rotatable bonds is 5. The van der Waals surface area contributed by atoms with Crippen LogP contribution in [0.3, 0.4) is 0 Å². The smallest absolute Gasteiger partial charge is 0.315 e. The minimum atomic E-state index is -0.989. The van der Waals surface area contributed by atoms with E-state index in [1.54, 1.807) is 6.92 Å². The van der Waals surface area contributed by atoms with Crippen molar-refractivity contribution < 1.29 is 19.5 Å². The molecule has 0 aromatic heterocycles. The third kappa shape index (κ3) is 5.19. The molecule has 0 aliphatic heterocycles. The Hall–Kier alpha value is -1.79. The zero-order valence-corrected chi connectivity index (χ0v) is 10.4. The average Bonchev–Trinajstić information content (AvgIpc) is 2.26. The highest BCUT2D eigenvalue weighted by molar-refractivity contribution is 5.86. The number of urea groups is 1. The fourth-order valence-corrected chi connectivity index (χ4v) is 1.07. The quantitative estimate of drug-likeness (QED) is 0.525. The number of carboxylic acids is 1. The second-order valence-electron chi connectivity index (χ2n) is 3.87. The average molecular weight is 245 g/mol. The highest BCUT2D eigenvalue weighted by Gasteiger charge is 2.22. The van der Waals surface area contributed by atoms with Crippen LogP contribution in [0.25, 0.3) is 0 Å². The maximum Gasteiger partial charge on any atom is 0.315 e. The van der Waals surface area contributed by atoms with Gasteiger partial charge in [-0.3, -0.25) is 9.59 Å². The highest BCUT2D eigenvalue weighted by atomic mass is 16.4. The van der Waals surface area contributed by atoms with E-state index in [9.17, 15) is 14.4 Å². The predicted octanol–water partition coefficient (Wildman–Crippen LogP) is -0.471. The molecule has 0 aliphatic carbocycles. The van der Waals surface area contributed by atoms with Crippen LogP contribution in [0.1, 0.15) is 20.8 Å². The molecule has 0 aromatic carbocycles. The Morgan fingerprint density at radius 1 is 1.06 bits per heavy atom. The summed E-state index contributed by atoms with van der Waals surface area (Å²) in [4.78, 5) is 33.2. The first kappa shape index (κ1) is 15.2. The van der Waals surface area contributed by atoms with Gasteiger partial charge in [0, 0.05) is 13.1 Å². The number of amides is 3. The number of hydrogen-bond acceptors (Lipinski definition) is 3. The summed E-state index contributed by atoms with van der Waals surface area (Å²) >= 11 is 0. The molecule has 0 aromatic rings. The van der Waals surface area contributed by atoms with Gasteiger partial charge in [-0.05, 0) is 20.8 Å². The normalized spacial score (nSPS) is 15.3. The summed E-state index contributed by atoms with van der Waals surface area (Å²) in [6.45, 7) is 4.61. The Balaban J connectivity index is 4.18. The van der Waals surface area contributed by atoms with Crippen LogP contribution in [0.4, 0.5) is 4.79 Å². The van der Waals surface area contributed by atoms with E-state index in [1.807, 2.05) is 0 Å². The van der Waals surface area contributed by atoms with Crippen molar-refractivity contribution >= 4 is 17.9 Å². The molecule has 0 heterocycles. The van der Waals surface area contributed by atoms with Crippen LogP contribution in [-0.2, 0) is 9.59 Å². The predicted molar refractivity (Wildman–Crippen MR) is 61.5 cm³/mol. The molecule has 7 heteroatoms. The Morgan fingerprint density at radius 2 is 1.59 bits per heavy atom. The number of hydrogen-bond donors (Lipinski definition) is 4. The lowest BCUT2D eigenvalue weighted by molar-refractivity contribution is -0.141. The first-order valence-corrected chi connectivity index (χ1v) is 5.31. The first-order chi connectivity index (χ1) is 7.79. The lowest BCUT2D eigenvalue weighted by Crippen LogP contribution is -2.51.